The average Bonchev–Trinajstić information content (AvgIpc) is 2.82. The Morgan fingerprint density at radius 2 is 2.14 bits per heavy atom. The molecule has 1 amide bonds. The van der Waals surface area contributed by atoms with Crippen molar-refractivity contribution in [2.75, 3.05) is 20.2 Å². The number of methoxy groups -OCH3 is 1. The van der Waals surface area contributed by atoms with Crippen LogP contribution < -0.4 is 15.4 Å². The van der Waals surface area contributed by atoms with E-state index in [9.17, 15) is 4.79 Å². The van der Waals surface area contributed by atoms with Crippen LogP contribution in [0.5, 0.6) is 5.75 Å². The van der Waals surface area contributed by atoms with Crippen molar-refractivity contribution in [1.82, 2.24) is 10.6 Å². The molecule has 0 fully saturated rings. The van der Waals surface area contributed by atoms with Gasteiger partial charge in [-0.05, 0) is 49.5 Å². The zero-order chi connectivity index (χ0) is 15.4. The Bertz CT molecular complexity index is 642. The summed E-state index contributed by atoms with van der Waals surface area (Å²) in [6.07, 6.45) is 0. The van der Waals surface area contributed by atoms with Crippen molar-refractivity contribution >= 4 is 39.7 Å². The molecule has 1 aromatic carbocycles. The summed E-state index contributed by atoms with van der Waals surface area (Å²) in [6, 6.07) is 6.18. The lowest BCUT2D eigenvalue weighted by atomic mass is 10.1. The highest BCUT2D eigenvalue weighted by molar-refractivity contribution is 7.21. The van der Waals surface area contributed by atoms with Crippen LogP contribution in [-0.2, 0) is 0 Å². The maximum atomic E-state index is 12.3. The zero-order valence-corrected chi connectivity index (χ0v) is 15.0. The van der Waals surface area contributed by atoms with E-state index in [-0.39, 0.29) is 24.4 Å². The summed E-state index contributed by atoms with van der Waals surface area (Å²) in [5.41, 5.74) is 1.02. The second kappa shape index (κ2) is 8.36. The summed E-state index contributed by atoms with van der Waals surface area (Å²) < 4.78 is 6.36. The van der Waals surface area contributed by atoms with Gasteiger partial charge in [-0.1, -0.05) is 6.92 Å². The molecule has 0 saturated heterocycles. The maximum absolute atomic E-state index is 12.3. The second-order valence-corrected chi connectivity index (χ2v) is 6.14. The molecule has 0 aliphatic carbocycles. The highest BCUT2D eigenvalue weighted by Crippen LogP contribution is 2.33. The van der Waals surface area contributed by atoms with Crippen LogP contribution in [0, 0.1) is 6.92 Å². The fourth-order valence-electron chi connectivity index (χ4n) is 2.29. The Hall–Kier alpha value is -1.30. The van der Waals surface area contributed by atoms with Crippen molar-refractivity contribution in [2.45, 2.75) is 26.8 Å². The number of benzene rings is 1. The fourth-order valence-corrected chi connectivity index (χ4v) is 3.40. The number of aryl methyl sites for hydroxylation is 1. The van der Waals surface area contributed by atoms with E-state index in [1.165, 1.54) is 11.3 Å². The molecule has 4 nitrogen and oxygen atoms in total. The molecule has 2 rings (SSSR count). The molecule has 122 valence electrons. The number of hydrogen-bond donors (Lipinski definition) is 2. The predicted octanol–water partition coefficient (Wildman–Crippen LogP) is 3.37. The molecule has 0 aliphatic rings. The van der Waals surface area contributed by atoms with Crippen LogP contribution in [0.4, 0.5) is 0 Å². The highest BCUT2D eigenvalue weighted by Gasteiger charge is 2.16. The SMILES string of the molecule is CCN[C@H](C)CNC(=O)c1sc2ccc(OC)cc2c1C.Cl. The lowest BCUT2D eigenvalue weighted by Crippen LogP contribution is -2.38. The largest absolute Gasteiger partial charge is 0.497 e. The molecule has 22 heavy (non-hydrogen) atoms. The van der Waals surface area contributed by atoms with Gasteiger partial charge < -0.3 is 15.4 Å². The quantitative estimate of drug-likeness (QED) is 0.846. The van der Waals surface area contributed by atoms with E-state index in [1.807, 2.05) is 25.1 Å². The van der Waals surface area contributed by atoms with E-state index in [0.29, 0.717) is 6.54 Å². The van der Waals surface area contributed by atoms with Crippen molar-refractivity contribution in [3.8, 4) is 5.75 Å². The Labute approximate surface area is 141 Å². The number of likely N-dealkylation sites (N-methyl/N-ethyl adjacent to an activating group) is 1. The van der Waals surface area contributed by atoms with Crippen molar-refractivity contribution < 1.29 is 9.53 Å². The summed E-state index contributed by atoms with van der Waals surface area (Å²) in [5.74, 6) is 0.813. The molecule has 0 saturated carbocycles. The van der Waals surface area contributed by atoms with Gasteiger partial charge in [-0.25, -0.2) is 0 Å². The second-order valence-electron chi connectivity index (χ2n) is 5.09. The lowest BCUT2D eigenvalue weighted by molar-refractivity contribution is 0.0954. The molecule has 6 heteroatoms. The molecule has 0 radical (unpaired) electrons. The molecule has 0 bridgehead atoms. The molecule has 2 aromatic rings. The van der Waals surface area contributed by atoms with Gasteiger partial charge >= 0.3 is 0 Å². The van der Waals surface area contributed by atoms with Gasteiger partial charge in [0.25, 0.3) is 5.91 Å². The molecular weight excluding hydrogens is 320 g/mol. The van der Waals surface area contributed by atoms with Gasteiger partial charge in [0.2, 0.25) is 0 Å². The van der Waals surface area contributed by atoms with E-state index >= 15 is 0 Å². The van der Waals surface area contributed by atoms with Gasteiger partial charge in [-0.3, -0.25) is 4.79 Å². The van der Waals surface area contributed by atoms with Gasteiger partial charge in [-0.15, -0.1) is 23.7 Å². The third-order valence-electron chi connectivity index (χ3n) is 3.47. The normalized spacial score (nSPS) is 11.8. The number of nitrogens with one attached hydrogen (secondary N) is 2. The summed E-state index contributed by atoms with van der Waals surface area (Å²) in [7, 11) is 1.65. The van der Waals surface area contributed by atoms with Crippen molar-refractivity contribution in [1.29, 1.82) is 0 Å². The highest BCUT2D eigenvalue weighted by atomic mass is 35.5. The first kappa shape index (κ1) is 18.7. The lowest BCUT2D eigenvalue weighted by Gasteiger charge is -2.12. The molecular formula is C16H23ClN2O2S. The van der Waals surface area contributed by atoms with Crippen molar-refractivity contribution in [3.63, 3.8) is 0 Å². The van der Waals surface area contributed by atoms with E-state index in [2.05, 4.69) is 24.5 Å². The van der Waals surface area contributed by atoms with Crippen LogP contribution >= 0.6 is 23.7 Å². The number of amides is 1. The third kappa shape index (κ3) is 4.12. The van der Waals surface area contributed by atoms with Crippen LogP contribution in [0.3, 0.4) is 0 Å². The Morgan fingerprint density at radius 3 is 2.77 bits per heavy atom. The van der Waals surface area contributed by atoms with Crippen LogP contribution in [0.25, 0.3) is 10.1 Å². The Balaban J connectivity index is 0.00000242. The molecule has 0 unspecified atom stereocenters. The first-order chi connectivity index (χ1) is 10.1. The molecule has 1 heterocycles. The van der Waals surface area contributed by atoms with Crippen LogP contribution in [0.15, 0.2) is 18.2 Å². The number of fused-ring (bicyclic) bond motifs is 1. The van der Waals surface area contributed by atoms with Crippen molar-refractivity contribution in [2.24, 2.45) is 0 Å². The summed E-state index contributed by atoms with van der Waals surface area (Å²) in [6.45, 7) is 7.64. The maximum Gasteiger partial charge on any atom is 0.261 e. The number of hydrogen-bond acceptors (Lipinski definition) is 4. The van der Waals surface area contributed by atoms with Gasteiger partial charge in [0.1, 0.15) is 5.75 Å². The number of halogens is 1. The fraction of sp³-hybridized carbons (Fsp3) is 0.438. The first-order valence-corrected chi connectivity index (χ1v) is 7.97. The van der Waals surface area contributed by atoms with Gasteiger partial charge in [0.15, 0.2) is 0 Å². The number of carbonyl (C=O) groups excluding carboxylic acids is 1. The van der Waals surface area contributed by atoms with Gasteiger partial charge in [-0.2, -0.15) is 0 Å². The number of ether oxygens (including phenoxy) is 1. The molecule has 0 aliphatic heterocycles. The van der Waals surface area contributed by atoms with Gasteiger partial charge in [0, 0.05) is 17.3 Å². The monoisotopic (exact) mass is 342 g/mol. The number of rotatable bonds is 6. The minimum atomic E-state index is -0.00239. The van der Waals surface area contributed by atoms with E-state index in [4.69, 9.17) is 4.74 Å². The van der Waals surface area contributed by atoms with Gasteiger partial charge in [0.05, 0.1) is 12.0 Å². The summed E-state index contributed by atoms with van der Waals surface area (Å²) in [4.78, 5) is 13.1. The van der Waals surface area contributed by atoms with Crippen molar-refractivity contribution in [3.05, 3.63) is 28.6 Å². The predicted molar refractivity (Wildman–Crippen MR) is 95.8 cm³/mol. The summed E-state index contributed by atoms with van der Waals surface area (Å²) >= 11 is 1.53. The minimum Gasteiger partial charge on any atom is -0.497 e. The van der Waals surface area contributed by atoms with Crippen LogP contribution in [0.1, 0.15) is 29.1 Å². The standard InChI is InChI=1S/C16H22N2O2S.ClH/c1-5-17-10(2)9-18-16(19)15-11(3)13-8-12(20-4)6-7-14(13)21-15;/h6-8,10,17H,5,9H2,1-4H3,(H,18,19);1H/t10-;/m1./s1. The smallest absolute Gasteiger partial charge is 0.261 e. The summed E-state index contributed by atoms with van der Waals surface area (Å²) in [5, 5.41) is 7.36. The van der Waals surface area contributed by atoms with Crippen LogP contribution in [0.2, 0.25) is 0 Å². The average molecular weight is 343 g/mol. The van der Waals surface area contributed by atoms with E-state index in [1.54, 1.807) is 7.11 Å². The Kier molecular flexibility index (Phi) is 7.13. The molecule has 2 N–H and O–H groups in total. The molecule has 1 aromatic heterocycles. The number of carbonyl (C=O) groups is 1. The third-order valence-corrected chi connectivity index (χ3v) is 4.74. The van der Waals surface area contributed by atoms with E-state index < -0.39 is 0 Å². The Morgan fingerprint density at radius 1 is 1.41 bits per heavy atom. The molecule has 0 spiro atoms. The zero-order valence-electron chi connectivity index (χ0n) is 13.4. The molecule has 1 atom stereocenters. The van der Waals surface area contributed by atoms with Crippen LogP contribution in [-0.4, -0.2) is 32.1 Å². The number of thiophene rings is 1. The van der Waals surface area contributed by atoms with E-state index in [0.717, 1.165) is 32.8 Å². The topological polar surface area (TPSA) is 50.4 Å². The minimum absolute atomic E-state index is 0. The first-order valence-electron chi connectivity index (χ1n) is 7.15.